The van der Waals surface area contributed by atoms with Crippen LogP contribution in [-0.4, -0.2) is 23.9 Å². The second-order valence-corrected chi connectivity index (χ2v) is 8.17. The molecule has 5 heteroatoms. The molecule has 1 N–H and O–H groups in total. The van der Waals surface area contributed by atoms with Crippen molar-refractivity contribution in [1.82, 2.24) is 10.2 Å². The molecule has 2 unspecified atom stereocenters. The minimum atomic E-state index is -0.270. The number of rotatable bonds is 5. The monoisotopic (exact) mass is 394 g/mol. The highest BCUT2D eigenvalue weighted by Gasteiger charge is 2.30. The second-order valence-electron chi connectivity index (χ2n) is 7.17. The first-order valence-corrected chi connectivity index (χ1v) is 10.4. The maximum Gasteiger partial charge on any atom is 0.234 e. The number of nitrogens with one attached hydrogen (secondary N) is 1. The van der Waals surface area contributed by atoms with E-state index in [0.29, 0.717) is 6.54 Å². The van der Waals surface area contributed by atoms with Crippen molar-refractivity contribution in [3.8, 4) is 0 Å². The quantitative estimate of drug-likeness (QED) is 0.680. The molecule has 1 aliphatic heterocycles. The number of hydrogen-bond donors (Lipinski definition) is 1. The molecular weight excluding hydrogens is 371 g/mol. The SMILES string of the molecule is CC(NC(=O)CN1CCc2sccc2C1c1ccccc1)c1ccc(F)cc1. The minimum absolute atomic E-state index is 0.0172. The first kappa shape index (κ1) is 18.8. The van der Waals surface area contributed by atoms with Crippen LogP contribution in [0.15, 0.2) is 66.0 Å². The summed E-state index contributed by atoms with van der Waals surface area (Å²) in [5.74, 6) is -0.288. The number of hydrogen-bond acceptors (Lipinski definition) is 3. The van der Waals surface area contributed by atoms with Crippen LogP contribution < -0.4 is 5.32 Å². The van der Waals surface area contributed by atoms with Crippen molar-refractivity contribution >= 4 is 17.2 Å². The summed E-state index contributed by atoms with van der Waals surface area (Å²) in [5, 5.41) is 5.19. The van der Waals surface area contributed by atoms with Crippen molar-refractivity contribution in [2.24, 2.45) is 0 Å². The lowest BCUT2D eigenvalue weighted by molar-refractivity contribution is -0.123. The highest BCUT2D eigenvalue weighted by molar-refractivity contribution is 7.10. The van der Waals surface area contributed by atoms with Gasteiger partial charge in [-0.2, -0.15) is 0 Å². The summed E-state index contributed by atoms with van der Waals surface area (Å²) in [4.78, 5) is 16.4. The van der Waals surface area contributed by atoms with Crippen LogP contribution in [-0.2, 0) is 11.2 Å². The van der Waals surface area contributed by atoms with Crippen LogP contribution in [0.1, 0.15) is 40.6 Å². The van der Waals surface area contributed by atoms with Gasteiger partial charge in [-0.15, -0.1) is 11.3 Å². The summed E-state index contributed by atoms with van der Waals surface area (Å²) < 4.78 is 13.1. The van der Waals surface area contributed by atoms with E-state index in [2.05, 4.69) is 33.8 Å². The lowest BCUT2D eigenvalue weighted by Crippen LogP contribution is -2.43. The molecule has 0 bridgehead atoms. The van der Waals surface area contributed by atoms with E-state index < -0.39 is 0 Å². The number of benzene rings is 2. The van der Waals surface area contributed by atoms with Gasteiger partial charge in [-0.25, -0.2) is 4.39 Å². The molecule has 0 fully saturated rings. The van der Waals surface area contributed by atoms with Crippen molar-refractivity contribution in [2.75, 3.05) is 13.1 Å². The molecule has 0 saturated carbocycles. The van der Waals surface area contributed by atoms with E-state index >= 15 is 0 Å². The van der Waals surface area contributed by atoms with Crippen molar-refractivity contribution in [2.45, 2.75) is 25.4 Å². The van der Waals surface area contributed by atoms with Crippen LogP contribution in [0.4, 0.5) is 4.39 Å². The molecule has 4 rings (SSSR count). The number of halogens is 1. The van der Waals surface area contributed by atoms with Gasteiger partial charge in [0.1, 0.15) is 5.82 Å². The van der Waals surface area contributed by atoms with Gasteiger partial charge in [0.05, 0.1) is 18.6 Å². The maximum absolute atomic E-state index is 13.1. The van der Waals surface area contributed by atoms with Gasteiger partial charge < -0.3 is 5.32 Å². The zero-order valence-electron chi connectivity index (χ0n) is 15.8. The Hall–Kier alpha value is -2.50. The molecule has 0 spiro atoms. The Morgan fingerprint density at radius 3 is 2.68 bits per heavy atom. The number of amides is 1. The van der Waals surface area contributed by atoms with E-state index in [-0.39, 0.29) is 23.8 Å². The average Bonchev–Trinajstić information content (AvgIpc) is 3.17. The molecule has 28 heavy (non-hydrogen) atoms. The van der Waals surface area contributed by atoms with Gasteiger partial charge >= 0.3 is 0 Å². The Kier molecular flexibility index (Phi) is 5.55. The number of thiophene rings is 1. The lowest BCUT2D eigenvalue weighted by atomic mass is 9.93. The molecule has 0 aliphatic carbocycles. The lowest BCUT2D eigenvalue weighted by Gasteiger charge is -2.36. The minimum Gasteiger partial charge on any atom is -0.348 e. The van der Waals surface area contributed by atoms with Gasteiger partial charge in [-0.05, 0) is 53.6 Å². The first-order chi connectivity index (χ1) is 13.6. The number of carbonyl (C=O) groups is 1. The molecular formula is C23H23FN2OS. The van der Waals surface area contributed by atoms with Crippen molar-refractivity contribution in [3.63, 3.8) is 0 Å². The molecule has 3 aromatic rings. The fraction of sp³-hybridized carbons (Fsp3) is 0.261. The Labute approximate surface area is 168 Å². The summed E-state index contributed by atoms with van der Waals surface area (Å²) in [5.41, 5.74) is 3.41. The summed E-state index contributed by atoms with van der Waals surface area (Å²) in [6.07, 6.45) is 0.969. The molecule has 2 aromatic carbocycles. The normalized spacial score (nSPS) is 17.7. The van der Waals surface area contributed by atoms with Crippen LogP contribution in [0.3, 0.4) is 0 Å². The van der Waals surface area contributed by atoms with Gasteiger partial charge in [0, 0.05) is 11.4 Å². The molecule has 1 aliphatic rings. The summed E-state index contributed by atoms with van der Waals surface area (Å²) in [7, 11) is 0. The fourth-order valence-electron chi connectivity index (χ4n) is 3.87. The molecule has 2 heterocycles. The fourth-order valence-corrected chi connectivity index (χ4v) is 4.77. The van der Waals surface area contributed by atoms with E-state index in [1.165, 1.54) is 28.1 Å². The number of carbonyl (C=O) groups excluding carboxylic acids is 1. The molecule has 2 atom stereocenters. The second kappa shape index (κ2) is 8.25. The Morgan fingerprint density at radius 1 is 1.18 bits per heavy atom. The third-order valence-corrected chi connectivity index (χ3v) is 6.27. The topological polar surface area (TPSA) is 32.3 Å². The van der Waals surface area contributed by atoms with Gasteiger partial charge in [0.2, 0.25) is 5.91 Å². The summed E-state index contributed by atoms with van der Waals surface area (Å²) in [6.45, 7) is 3.11. The van der Waals surface area contributed by atoms with Crippen molar-refractivity contribution in [3.05, 3.63) is 93.4 Å². The summed E-state index contributed by atoms with van der Waals surface area (Å²) in [6, 6.07) is 18.8. The van der Waals surface area contributed by atoms with E-state index in [1.807, 2.05) is 25.1 Å². The van der Waals surface area contributed by atoms with Gasteiger partial charge in [0.15, 0.2) is 0 Å². The standard InChI is InChI=1S/C23H23FN2OS/c1-16(17-7-9-19(24)10-8-17)25-22(27)15-26-13-11-21-20(12-14-28-21)23(26)18-5-3-2-4-6-18/h2-10,12,14,16,23H,11,13,15H2,1H3,(H,25,27). The van der Waals surface area contributed by atoms with Gasteiger partial charge in [0.25, 0.3) is 0 Å². The number of fused-ring (bicyclic) bond motifs is 1. The van der Waals surface area contributed by atoms with E-state index in [4.69, 9.17) is 0 Å². The smallest absolute Gasteiger partial charge is 0.234 e. The van der Waals surface area contributed by atoms with Gasteiger partial charge in [-0.3, -0.25) is 9.69 Å². The third kappa shape index (κ3) is 4.01. The molecule has 3 nitrogen and oxygen atoms in total. The van der Waals surface area contributed by atoms with Crippen LogP contribution >= 0.6 is 11.3 Å². The van der Waals surface area contributed by atoms with Crippen molar-refractivity contribution < 1.29 is 9.18 Å². The van der Waals surface area contributed by atoms with Crippen LogP contribution in [0.5, 0.6) is 0 Å². The Morgan fingerprint density at radius 2 is 1.93 bits per heavy atom. The first-order valence-electron chi connectivity index (χ1n) is 9.52. The van der Waals surface area contributed by atoms with Crippen LogP contribution in [0.2, 0.25) is 0 Å². The third-order valence-electron chi connectivity index (χ3n) is 5.28. The van der Waals surface area contributed by atoms with Gasteiger partial charge in [-0.1, -0.05) is 42.5 Å². The zero-order chi connectivity index (χ0) is 19.5. The predicted octanol–water partition coefficient (Wildman–Crippen LogP) is 4.71. The van der Waals surface area contributed by atoms with E-state index in [0.717, 1.165) is 18.5 Å². The number of nitrogens with zero attached hydrogens (tertiary/aromatic N) is 1. The molecule has 0 saturated heterocycles. The molecule has 0 radical (unpaired) electrons. The summed E-state index contributed by atoms with van der Waals surface area (Å²) >= 11 is 1.80. The zero-order valence-corrected chi connectivity index (χ0v) is 16.6. The maximum atomic E-state index is 13.1. The largest absolute Gasteiger partial charge is 0.348 e. The van der Waals surface area contributed by atoms with Crippen LogP contribution in [0.25, 0.3) is 0 Å². The highest BCUT2D eigenvalue weighted by Crippen LogP contribution is 2.37. The van der Waals surface area contributed by atoms with Crippen molar-refractivity contribution in [1.29, 1.82) is 0 Å². The van der Waals surface area contributed by atoms with E-state index in [1.54, 1.807) is 23.5 Å². The molecule has 1 aromatic heterocycles. The average molecular weight is 395 g/mol. The Bertz CT molecular complexity index is 939. The predicted molar refractivity (Wildman–Crippen MR) is 111 cm³/mol. The molecule has 1 amide bonds. The Balaban J connectivity index is 1.49. The highest BCUT2D eigenvalue weighted by atomic mass is 32.1. The van der Waals surface area contributed by atoms with Crippen LogP contribution in [0, 0.1) is 5.82 Å². The molecule has 144 valence electrons. The van der Waals surface area contributed by atoms with E-state index in [9.17, 15) is 9.18 Å².